The van der Waals surface area contributed by atoms with Gasteiger partial charge in [-0.05, 0) is 72.2 Å². The number of carbonyl (C=O) groups excluding carboxylic acids is 3. The van der Waals surface area contributed by atoms with Gasteiger partial charge in [0.2, 0.25) is 5.82 Å². The number of benzene rings is 1. The van der Waals surface area contributed by atoms with Crippen molar-refractivity contribution in [2.75, 3.05) is 11.9 Å². The summed E-state index contributed by atoms with van der Waals surface area (Å²) in [6.45, 7) is 11.0. The monoisotopic (exact) mass is 574 g/mol. The normalized spacial score (nSPS) is 12.1. The number of ether oxygens (including phenoxy) is 3. The van der Waals surface area contributed by atoms with E-state index in [2.05, 4.69) is 10.3 Å². The summed E-state index contributed by atoms with van der Waals surface area (Å²) in [7, 11) is 0. The van der Waals surface area contributed by atoms with Crippen molar-refractivity contribution >= 4 is 41.3 Å². The summed E-state index contributed by atoms with van der Waals surface area (Å²) in [5, 5.41) is 24.0. The van der Waals surface area contributed by atoms with Crippen LogP contribution >= 0.6 is 0 Å². The minimum atomic E-state index is -1.81. The summed E-state index contributed by atoms with van der Waals surface area (Å²) < 4.78 is 15.5. The Morgan fingerprint density at radius 1 is 1.02 bits per heavy atom. The van der Waals surface area contributed by atoms with Crippen molar-refractivity contribution in [3.8, 4) is 0 Å². The van der Waals surface area contributed by atoms with Crippen molar-refractivity contribution < 1.29 is 43.4 Å². The van der Waals surface area contributed by atoms with Gasteiger partial charge in [0, 0.05) is 11.8 Å². The van der Waals surface area contributed by atoms with Gasteiger partial charge in [-0.15, -0.1) is 0 Å². The van der Waals surface area contributed by atoms with Gasteiger partial charge < -0.3 is 24.6 Å². The van der Waals surface area contributed by atoms with E-state index < -0.39 is 51.9 Å². The van der Waals surface area contributed by atoms with Crippen LogP contribution in [-0.4, -0.2) is 61.8 Å². The number of carboxylic acid groups (broad SMARTS) is 1. The number of aromatic nitrogens is 1. The Balaban J connectivity index is 2.45. The molecule has 0 aliphatic rings. The average Bonchev–Trinajstić information content (AvgIpc) is 2.80. The molecule has 0 saturated heterocycles. The van der Waals surface area contributed by atoms with Crippen LogP contribution in [0.25, 0.3) is 0 Å². The average molecular weight is 575 g/mol. The van der Waals surface area contributed by atoms with E-state index in [9.17, 15) is 34.4 Å². The number of rotatable bonds is 9. The quantitative estimate of drug-likeness (QED) is 0.132. The second-order valence-electron chi connectivity index (χ2n) is 10.8. The molecule has 0 spiro atoms. The molecule has 2 N–H and O–H groups in total. The number of amides is 2. The van der Waals surface area contributed by atoms with E-state index >= 15 is 0 Å². The molecular formula is C27H34N4O10. The van der Waals surface area contributed by atoms with E-state index in [0.717, 1.165) is 17.0 Å². The molecule has 14 heteroatoms. The number of aliphatic carboxylic acids is 1. The number of hydrogen-bond donors (Lipinski definition) is 2. The van der Waals surface area contributed by atoms with Crippen molar-refractivity contribution in [1.82, 2.24) is 9.88 Å². The minimum absolute atomic E-state index is 0.0723. The first kappa shape index (κ1) is 32.5. The molecule has 41 heavy (non-hydrogen) atoms. The molecule has 0 aliphatic heterocycles. The summed E-state index contributed by atoms with van der Waals surface area (Å²) in [5.74, 6) is -4.75. The largest absolute Gasteiger partial charge is 0.480 e. The van der Waals surface area contributed by atoms with E-state index in [4.69, 9.17) is 14.2 Å². The molecule has 0 bridgehead atoms. The third-order valence-electron chi connectivity index (χ3n) is 4.92. The molecule has 0 radical (unpaired) electrons. The van der Waals surface area contributed by atoms with Crippen molar-refractivity contribution in [3.05, 3.63) is 57.8 Å². The lowest BCUT2D eigenvalue weighted by Crippen LogP contribution is -2.43. The van der Waals surface area contributed by atoms with E-state index in [-0.39, 0.29) is 30.4 Å². The van der Waals surface area contributed by atoms with Gasteiger partial charge >= 0.3 is 29.8 Å². The lowest BCUT2D eigenvalue weighted by Gasteiger charge is -2.28. The first-order valence-corrected chi connectivity index (χ1v) is 12.6. The zero-order valence-electron chi connectivity index (χ0n) is 23.9. The van der Waals surface area contributed by atoms with Gasteiger partial charge in [-0.2, -0.15) is 0 Å². The van der Waals surface area contributed by atoms with Crippen LogP contribution in [0.4, 0.5) is 26.8 Å². The summed E-state index contributed by atoms with van der Waals surface area (Å²) >= 11 is 0. The van der Waals surface area contributed by atoms with Gasteiger partial charge in [-0.1, -0.05) is 12.1 Å². The van der Waals surface area contributed by atoms with Gasteiger partial charge in [0.05, 0.1) is 23.8 Å². The molecule has 0 saturated carbocycles. The zero-order valence-corrected chi connectivity index (χ0v) is 23.9. The Morgan fingerprint density at radius 3 is 2.10 bits per heavy atom. The number of pyridine rings is 1. The highest BCUT2D eigenvalue weighted by Gasteiger charge is 2.33. The van der Waals surface area contributed by atoms with Crippen LogP contribution in [0, 0.1) is 10.1 Å². The van der Waals surface area contributed by atoms with Crippen LogP contribution < -0.4 is 5.32 Å². The number of carboxylic acids is 1. The highest BCUT2D eigenvalue weighted by Crippen LogP contribution is 2.29. The van der Waals surface area contributed by atoms with Crippen molar-refractivity contribution in [2.45, 2.75) is 72.1 Å². The van der Waals surface area contributed by atoms with E-state index in [1.54, 1.807) is 53.7 Å². The molecule has 1 unspecified atom stereocenters. The zero-order chi connectivity index (χ0) is 31.1. The number of imide groups is 1. The number of hydrogen-bond acceptors (Lipinski definition) is 11. The van der Waals surface area contributed by atoms with Gasteiger partial charge in [0.25, 0.3) is 0 Å². The van der Waals surface area contributed by atoms with Crippen LogP contribution in [0.3, 0.4) is 0 Å². The lowest BCUT2D eigenvalue weighted by atomic mass is 10.1. The van der Waals surface area contributed by atoms with E-state index in [1.165, 1.54) is 19.1 Å². The highest BCUT2D eigenvalue weighted by atomic mass is 16.6. The maximum Gasteiger partial charge on any atom is 0.420 e. The molecular weight excluding hydrogens is 540 g/mol. The summed E-state index contributed by atoms with van der Waals surface area (Å²) in [4.78, 5) is 65.5. The number of anilines is 2. The molecule has 2 amide bonds. The second kappa shape index (κ2) is 13.1. The van der Waals surface area contributed by atoms with Gasteiger partial charge in [0.1, 0.15) is 11.2 Å². The Labute approximate surface area is 236 Å². The van der Waals surface area contributed by atoms with Crippen molar-refractivity contribution in [2.24, 2.45) is 0 Å². The van der Waals surface area contributed by atoms with Gasteiger partial charge in [-0.25, -0.2) is 19.5 Å². The Hall–Kier alpha value is -4.75. The fraction of sp³-hybridized carbons (Fsp3) is 0.444. The van der Waals surface area contributed by atoms with Gasteiger partial charge in [0.15, 0.2) is 5.92 Å². The third kappa shape index (κ3) is 9.74. The van der Waals surface area contributed by atoms with Crippen LogP contribution in [0.1, 0.15) is 65.6 Å². The molecule has 0 fully saturated rings. The summed E-state index contributed by atoms with van der Waals surface area (Å²) in [6, 6.07) is 8.29. The molecule has 1 heterocycles. The number of nitro groups is 1. The Kier molecular flexibility index (Phi) is 10.3. The lowest BCUT2D eigenvalue weighted by molar-refractivity contribution is -0.384. The van der Waals surface area contributed by atoms with Crippen LogP contribution in [-0.2, 0) is 30.3 Å². The van der Waals surface area contributed by atoms with E-state index in [1.807, 2.05) is 0 Å². The second-order valence-corrected chi connectivity index (χ2v) is 10.8. The van der Waals surface area contributed by atoms with Crippen LogP contribution in [0.2, 0.25) is 0 Å². The molecule has 222 valence electrons. The summed E-state index contributed by atoms with van der Waals surface area (Å²) in [6.07, 6.45) is -1.87. The molecule has 1 aromatic heterocycles. The molecule has 2 aromatic rings. The molecule has 1 aromatic carbocycles. The fourth-order valence-electron chi connectivity index (χ4n) is 3.35. The SMILES string of the molecule is CCOC(=O)C(C(=O)O)c1ccc([N+](=O)[O-])c(Nc2cccc(CN(C(=O)OC(C)(C)C)C(=O)OC(C)(C)C)c2)n1. The van der Waals surface area contributed by atoms with Gasteiger partial charge in [-0.3, -0.25) is 19.7 Å². The predicted octanol–water partition coefficient (Wildman–Crippen LogP) is 5.14. The third-order valence-corrected chi connectivity index (χ3v) is 4.92. The number of nitrogens with one attached hydrogen (secondary N) is 1. The molecule has 1 atom stereocenters. The number of nitrogens with zero attached hydrogens (tertiary/aromatic N) is 3. The van der Waals surface area contributed by atoms with Crippen molar-refractivity contribution in [1.29, 1.82) is 0 Å². The number of esters is 1. The molecule has 0 aliphatic carbocycles. The molecule has 2 rings (SSSR count). The standard InChI is InChI=1S/C27H34N4O10/c1-8-39-23(34)20(22(32)33)18-12-13-19(31(37)38)21(29-18)28-17-11-9-10-16(14-17)15-30(24(35)40-26(2,3)4)25(36)41-27(5,6)7/h9-14,20H,8,15H2,1-7H3,(H,28,29)(H,32,33). The first-order chi connectivity index (χ1) is 18.9. The topological polar surface area (TPSA) is 188 Å². The minimum Gasteiger partial charge on any atom is -0.480 e. The smallest absolute Gasteiger partial charge is 0.420 e. The van der Waals surface area contributed by atoms with Crippen molar-refractivity contribution in [3.63, 3.8) is 0 Å². The van der Waals surface area contributed by atoms with E-state index in [0.29, 0.717) is 5.56 Å². The maximum atomic E-state index is 12.9. The summed E-state index contributed by atoms with van der Waals surface area (Å²) in [5.41, 5.74) is -1.88. The molecule has 14 nitrogen and oxygen atoms in total. The van der Waals surface area contributed by atoms with Crippen LogP contribution in [0.5, 0.6) is 0 Å². The van der Waals surface area contributed by atoms with Crippen LogP contribution in [0.15, 0.2) is 36.4 Å². The fourth-order valence-corrected chi connectivity index (χ4v) is 3.35. The Bertz CT molecular complexity index is 1290. The number of carbonyl (C=O) groups is 4. The first-order valence-electron chi connectivity index (χ1n) is 12.6. The predicted molar refractivity (Wildman–Crippen MR) is 146 cm³/mol. The Morgan fingerprint density at radius 2 is 1.61 bits per heavy atom. The highest BCUT2D eigenvalue weighted by molar-refractivity contribution is 5.99. The maximum absolute atomic E-state index is 12.9.